The van der Waals surface area contributed by atoms with Crippen molar-refractivity contribution in [3.63, 3.8) is 0 Å². The average molecular weight is 367 g/mol. The van der Waals surface area contributed by atoms with Crippen LogP contribution in [0.4, 0.5) is 0 Å². The van der Waals surface area contributed by atoms with Crippen LogP contribution in [-0.4, -0.2) is 36.3 Å². The second-order valence-electron chi connectivity index (χ2n) is 6.41. The molecule has 0 N–H and O–H groups in total. The van der Waals surface area contributed by atoms with Gasteiger partial charge in [0.05, 0.1) is 5.56 Å². The molecule has 0 amide bonds. The van der Waals surface area contributed by atoms with Gasteiger partial charge in [0.1, 0.15) is 6.07 Å². The smallest absolute Gasteiger partial charge is 0.238 e. The zero-order valence-corrected chi connectivity index (χ0v) is 16.7. The number of benzene rings is 1. The van der Waals surface area contributed by atoms with Crippen molar-refractivity contribution in [2.75, 3.05) is 20.1 Å². The topological polar surface area (TPSA) is 58.4 Å². The van der Waals surface area contributed by atoms with Crippen LogP contribution in [0.1, 0.15) is 50.7 Å². The van der Waals surface area contributed by atoms with Crippen molar-refractivity contribution in [3.8, 4) is 17.6 Å². The van der Waals surface area contributed by atoms with Crippen LogP contribution >= 0.6 is 0 Å². The van der Waals surface area contributed by atoms with Crippen LogP contribution in [0.25, 0.3) is 0 Å². The number of pyridine rings is 1. The summed E-state index contributed by atoms with van der Waals surface area (Å²) in [4.78, 5) is 6.12. The first kappa shape index (κ1) is 20.7. The molecule has 0 aliphatic carbocycles. The van der Waals surface area contributed by atoms with Gasteiger partial charge in [0.2, 0.25) is 6.29 Å². The number of ether oxygens (including phenoxy) is 2. The number of piperidine rings is 1. The molecule has 1 aromatic heterocycles. The first-order valence-corrected chi connectivity index (χ1v) is 9.62. The molecule has 1 unspecified atom stereocenters. The Kier molecular flexibility index (Phi) is 8.09. The van der Waals surface area contributed by atoms with Gasteiger partial charge < -0.3 is 14.4 Å². The molecule has 1 atom stereocenters. The van der Waals surface area contributed by atoms with E-state index in [1.54, 1.807) is 18.3 Å². The van der Waals surface area contributed by atoms with Crippen molar-refractivity contribution in [2.45, 2.75) is 45.8 Å². The molecule has 4 rings (SSSR count). The minimum Gasteiger partial charge on any atom is -0.451 e. The molecule has 3 heterocycles. The molecule has 0 bridgehead atoms. The fourth-order valence-electron chi connectivity index (χ4n) is 3.19. The summed E-state index contributed by atoms with van der Waals surface area (Å²) >= 11 is 0. The maximum Gasteiger partial charge on any atom is 0.238 e. The molecule has 0 saturated carbocycles. The number of fused-ring (bicyclic) bond motifs is 1. The van der Waals surface area contributed by atoms with E-state index in [9.17, 15) is 0 Å². The van der Waals surface area contributed by atoms with Crippen LogP contribution < -0.4 is 9.47 Å². The highest BCUT2D eigenvalue weighted by molar-refractivity contribution is 5.50. The van der Waals surface area contributed by atoms with Crippen molar-refractivity contribution in [2.24, 2.45) is 0 Å². The second-order valence-corrected chi connectivity index (χ2v) is 6.41. The van der Waals surface area contributed by atoms with Crippen molar-refractivity contribution in [1.82, 2.24) is 9.88 Å². The van der Waals surface area contributed by atoms with E-state index in [2.05, 4.69) is 29.1 Å². The van der Waals surface area contributed by atoms with Gasteiger partial charge in [-0.05, 0) is 57.1 Å². The summed E-state index contributed by atoms with van der Waals surface area (Å²) in [7, 11) is 2.19. The number of aromatic nitrogens is 1. The third-order valence-corrected chi connectivity index (χ3v) is 4.54. The number of hydrogen-bond acceptors (Lipinski definition) is 5. The van der Waals surface area contributed by atoms with E-state index in [4.69, 9.17) is 14.7 Å². The Morgan fingerprint density at radius 2 is 1.85 bits per heavy atom. The van der Waals surface area contributed by atoms with Crippen molar-refractivity contribution < 1.29 is 9.47 Å². The molecule has 144 valence electrons. The van der Waals surface area contributed by atoms with Gasteiger partial charge in [-0.3, -0.25) is 4.98 Å². The SMILES string of the molecule is CC.CC1Oc2cccc(C3CCN(C)CC3)c2O1.N#Cc1cccnc1. The van der Waals surface area contributed by atoms with E-state index in [0.29, 0.717) is 11.5 Å². The van der Waals surface area contributed by atoms with Gasteiger partial charge in [-0.15, -0.1) is 0 Å². The zero-order valence-electron chi connectivity index (χ0n) is 16.7. The Balaban J connectivity index is 0.000000220. The first-order chi connectivity index (χ1) is 13.2. The summed E-state index contributed by atoms with van der Waals surface area (Å²) < 4.78 is 11.4. The lowest BCUT2D eigenvalue weighted by Crippen LogP contribution is -2.29. The summed E-state index contributed by atoms with van der Waals surface area (Å²) in [6.45, 7) is 8.29. The quantitative estimate of drug-likeness (QED) is 0.738. The van der Waals surface area contributed by atoms with Gasteiger partial charge in [-0.1, -0.05) is 26.0 Å². The average Bonchev–Trinajstić information content (AvgIpc) is 3.11. The van der Waals surface area contributed by atoms with Crippen molar-refractivity contribution in [3.05, 3.63) is 53.9 Å². The Hall–Kier alpha value is -2.58. The highest BCUT2D eigenvalue weighted by Gasteiger charge is 2.28. The minimum atomic E-state index is -0.141. The number of nitriles is 1. The lowest BCUT2D eigenvalue weighted by Gasteiger charge is -2.29. The third kappa shape index (κ3) is 5.70. The van der Waals surface area contributed by atoms with Gasteiger partial charge in [-0.25, -0.2) is 0 Å². The van der Waals surface area contributed by atoms with Crippen LogP contribution in [0, 0.1) is 11.3 Å². The van der Waals surface area contributed by atoms with Gasteiger partial charge in [-0.2, -0.15) is 5.26 Å². The highest BCUT2D eigenvalue weighted by atomic mass is 16.7. The monoisotopic (exact) mass is 367 g/mol. The lowest BCUT2D eigenvalue weighted by molar-refractivity contribution is 0.0669. The standard InChI is InChI=1S/C14H19NO2.C6H4N2.C2H6/c1-10-16-13-5-3-4-12(14(13)17-10)11-6-8-15(2)9-7-11;7-4-6-2-1-3-8-5-6;1-2/h3-5,10-11H,6-9H2,1-2H3;1-3,5H;1-2H3. The maximum atomic E-state index is 8.25. The van der Waals surface area contributed by atoms with E-state index < -0.39 is 0 Å². The number of rotatable bonds is 1. The van der Waals surface area contributed by atoms with Crippen LogP contribution in [0.2, 0.25) is 0 Å². The molecule has 5 nitrogen and oxygen atoms in total. The first-order valence-electron chi connectivity index (χ1n) is 9.62. The Labute approximate surface area is 162 Å². The van der Waals surface area contributed by atoms with E-state index in [-0.39, 0.29) is 6.29 Å². The van der Waals surface area contributed by atoms with Gasteiger partial charge in [0.15, 0.2) is 11.5 Å². The second kappa shape index (κ2) is 10.5. The predicted molar refractivity (Wildman–Crippen MR) is 107 cm³/mol. The summed E-state index contributed by atoms with van der Waals surface area (Å²) in [6.07, 6.45) is 5.45. The lowest BCUT2D eigenvalue weighted by atomic mass is 9.89. The zero-order chi connectivity index (χ0) is 19.6. The van der Waals surface area contributed by atoms with E-state index in [0.717, 1.165) is 11.5 Å². The molecule has 2 aliphatic rings. The highest BCUT2D eigenvalue weighted by Crippen LogP contribution is 2.43. The molecule has 27 heavy (non-hydrogen) atoms. The maximum absolute atomic E-state index is 8.25. The fraction of sp³-hybridized carbons (Fsp3) is 0.455. The van der Waals surface area contributed by atoms with Crippen LogP contribution in [0.15, 0.2) is 42.7 Å². The normalized spacial score (nSPS) is 18.4. The number of likely N-dealkylation sites (tertiary alicyclic amines) is 1. The predicted octanol–water partition coefficient (Wildman–Crippen LogP) is 4.59. The Bertz CT molecular complexity index is 735. The van der Waals surface area contributed by atoms with Crippen LogP contribution in [0.3, 0.4) is 0 Å². The van der Waals surface area contributed by atoms with Crippen LogP contribution in [0.5, 0.6) is 11.5 Å². The minimum absolute atomic E-state index is 0.141. The van der Waals surface area contributed by atoms with Crippen molar-refractivity contribution >= 4 is 0 Å². The summed E-state index contributed by atoms with van der Waals surface area (Å²) in [6, 6.07) is 11.7. The van der Waals surface area contributed by atoms with Crippen LogP contribution in [-0.2, 0) is 0 Å². The molecule has 5 heteroatoms. The van der Waals surface area contributed by atoms with Crippen molar-refractivity contribution in [1.29, 1.82) is 5.26 Å². The number of hydrogen-bond donors (Lipinski definition) is 0. The third-order valence-electron chi connectivity index (χ3n) is 4.54. The molecule has 1 fully saturated rings. The Morgan fingerprint density at radius 1 is 1.11 bits per heavy atom. The molecular formula is C22H29N3O2. The molecular weight excluding hydrogens is 338 g/mol. The van der Waals surface area contributed by atoms with Gasteiger partial charge in [0.25, 0.3) is 0 Å². The largest absolute Gasteiger partial charge is 0.451 e. The summed E-state index contributed by atoms with van der Waals surface area (Å²) in [5, 5.41) is 8.25. The number of para-hydroxylation sites is 1. The molecule has 2 aromatic rings. The molecule has 1 saturated heterocycles. The van der Waals surface area contributed by atoms with E-state index in [1.807, 2.05) is 32.9 Å². The summed E-state index contributed by atoms with van der Waals surface area (Å²) in [5.41, 5.74) is 1.94. The van der Waals surface area contributed by atoms with E-state index in [1.165, 1.54) is 37.7 Å². The van der Waals surface area contributed by atoms with Gasteiger partial charge >= 0.3 is 0 Å². The molecule has 0 radical (unpaired) electrons. The van der Waals surface area contributed by atoms with E-state index >= 15 is 0 Å². The summed E-state index contributed by atoms with van der Waals surface area (Å²) in [5.74, 6) is 2.51. The fourth-order valence-corrected chi connectivity index (χ4v) is 3.19. The Morgan fingerprint density at radius 3 is 2.44 bits per heavy atom. The number of nitrogens with zero attached hydrogens (tertiary/aromatic N) is 3. The molecule has 0 spiro atoms. The van der Waals surface area contributed by atoms with Gasteiger partial charge in [0, 0.05) is 24.9 Å². The molecule has 2 aliphatic heterocycles. The molecule has 1 aromatic carbocycles.